The van der Waals surface area contributed by atoms with Gasteiger partial charge in [0.25, 0.3) is 0 Å². The molecule has 0 saturated heterocycles. The molecule has 0 heterocycles. The summed E-state index contributed by atoms with van der Waals surface area (Å²) in [6, 6.07) is 56.1. The second kappa shape index (κ2) is 9.64. The average Bonchev–Trinajstić information content (AvgIpc) is 3.03. The Balaban J connectivity index is 1.50. The molecule has 0 atom stereocenters. The fourth-order valence-corrected chi connectivity index (χ4v) is 17.0. The predicted octanol–water partition coefficient (Wildman–Crippen LogP) is 7.01. The van der Waals surface area contributed by atoms with Crippen molar-refractivity contribution in [2.75, 3.05) is 0 Å². The van der Waals surface area contributed by atoms with Crippen LogP contribution >= 0.6 is 0 Å². The topological polar surface area (TPSA) is 0 Å². The van der Waals surface area contributed by atoms with Gasteiger partial charge in [-0.3, -0.25) is 0 Å². The van der Waals surface area contributed by atoms with Crippen LogP contribution in [-0.4, -0.2) is 21.8 Å². The van der Waals surface area contributed by atoms with E-state index in [1.54, 1.807) is 3.27 Å². The van der Waals surface area contributed by atoms with Gasteiger partial charge in [-0.25, -0.2) is 0 Å². The summed E-state index contributed by atoms with van der Waals surface area (Å²) in [5.41, 5.74) is 12.5. The first-order valence-electron chi connectivity index (χ1n) is 14.5. The molecule has 0 aliphatic heterocycles. The molecule has 0 nitrogen and oxygen atoms in total. The van der Waals surface area contributed by atoms with Crippen molar-refractivity contribution in [3.63, 3.8) is 0 Å². The summed E-state index contributed by atoms with van der Waals surface area (Å²) in [5.74, 6) is 0.278. The van der Waals surface area contributed by atoms with E-state index in [4.69, 9.17) is 0 Å². The fraction of sp³-hybridized carbons (Fsp3) is 0.100. The number of hydrogen-bond acceptors (Lipinski definition) is 0. The van der Waals surface area contributed by atoms with Crippen molar-refractivity contribution in [1.29, 1.82) is 0 Å². The molecule has 6 aromatic rings. The molecular weight excluding hydrogens is 689 g/mol. The van der Waals surface area contributed by atoms with Crippen LogP contribution in [0.25, 0.3) is 0 Å². The summed E-state index contributed by atoms with van der Waals surface area (Å²) in [5, 5.41) is 0. The third-order valence-electron chi connectivity index (χ3n) is 9.16. The summed E-state index contributed by atoms with van der Waals surface area (Å²) >= 11 is -2.75. The van der Waals surface area contributed by atoms with E-state index in [-0.39, 0.29) is 11.3 Å². The van der Waals surface area contributed by atoms with Crippen molar-refractivity contribution < 1.29 is 0 Å². The Morgan fingerprint density at radius 2 is 0.780 bits per heavy atom. The number of aryl methyl sites for hydroxylation is 2. The van der Waals surface area contributed by atoms with Crippen molar-refractivity contribution >= 4 is 31.6 Å². The quantitative estimate of drug-likeness (QED) is 0.172. The van der Waals surface area contributed by atoms with Crippen LogP contribution in [0, 0.1) is 13.8 Å². The Morgan fingerprint density at radius 3 is 1.22 bits per heavy atom. The summed E-state index contributed by atoms with van der Waals surface area (Å²) in [7, 11) is 0. The Hall–Kier alpha value is -3.80. The van der Waals surface area contributed by atoms with E-state index < -0.39 is 21.8 Å². The first-order valence-corrected chi connectivity index (χ1v) is 19.7. The van der Waals surface area contributed by atoms with Crippen molar-refractivity contribution in [2.24, 2.45) is 0 Å². The van der Waals surface area contributed by atoms with Gasteiger partial charge >= 0.3 is 252 Å². The summed E-state index contributed by atoms with van der Waals surface area (Å²) in [6.07, 6.45) is 0. The van der Waals surface area contributed by atoms with Crippen LogP contribution in [0.3, 0.4) is 0 Å². The van der Waals surface area contributed by atoms with E-state index in [1.165, 1.54) is 56.6 Å². The van der Waals surface area contributed by atoms with Crippen LogP contribution in [0.15, 0.2) is 146 Å². The molecule has 0 amide bonds. The molecule has 0 spiro atoms. The minimum atomic E-state index is -2.75. The predicted molar refractivity (Wildman–Crippen MR) is 173 cm³/mol. The van der Waals surface area contributed by atoms with Gasteiger partial charge in [-0.05, 0) is 0 Å². The zero-order valence-corrected chi connectivity index (χ0v) is 26.9. The van der Waals surface area contributed by atoms with E-state index in [9.17, 15) is 0 Å². The van der Waals surface area contributed by atoms with Crippen molar-refractivity contribution in [2.45, 2.75) is 25.2 Å². The van der Waals surface area contributed by atoms with Crippen LogP contribution in [0.1, 0.15) is 56.0 Å². The summed E-state index contributed by atoms with van der Waals surface area (Å²) in [4.78, 5) is 0. The van der Waals surface area contributed by atoms with Crippen LogP contribution < -0.4 is 9.81 Å². The Bertz CT molecular complexity index is 1750. The van der Waals surface area contributed by atoms with Crippen LogP contribution in [0.5, 0.6) is 0 Å². The average molecular weight is 721 g/mol. The zero-order chi connectivity index (χ0) is 27.6. The molecule has 6 aromatic carbocycles. The number of benzene rings is 6. The van der Waals surface area contributed by atoms with Crippen LogP contribution in [0.2, 0.25) is 0 Å². The van der Waals surface area contributed by atoms with E-state index in [0.29, 0.717) is 0 Å². The number of hydrogen-bond donors (Lipinski definition) is 0. The molecule has 196 valence electrons. The van der Waals surface area contributed by atoms with Gasteiger partial charge in [0, 0.05) is 0 Å². The van der Waals surface area contributed by atoms with Gasteiger partial charge < -0.3 is 0 Å². The molecule has 41 heavy (non-hydrogen) atoms. The standard InChI is InChI=1S/C26H17.2C7H7.Bi/c1-2-10-18(11-3-1)26-22-15-7-4-12-19(22)25(20-13-5-8-16-23(20)26)21-14-6-9-17-24(21)26;2*1-7-5-3-2-4-6-7;/h1-10,12-17,25H;2*3-6H,1H3;. The van der Waals surface area contributed by atoms with Gasteiger partial charge in [-0.2, -0.15) is 0 Å². The molecule has 0 radical (unpaired) electrons. The summed E-state index contributed by atoms with van der Waals surface area (Å²) in [6.45, 7) is 4.38. The summed E-state index contributed by atoms with van der Waals surface area (Å²) < 4.78 is 4.62. The van der Waals surface area contributed by atoms with Crippen molar-refractivity contribution in [3.05, 3.63) is 196 Å². The maximum atomic E-state index is 2.47. The van der Waals surface area contributed by atoms with Gasteiger partial charge in [0.05, 0.1) is 0 Å². The molecule has 2 bridgehead atoms. The van der Waals surface area contributed by atoms with E-state index in [2.05, 4.69) is 159 Å². The Kier molecular flexibility index (Phi) is 5.87. The van der Waals surface area contributed by atoms with Crippen molar-refractivity contribution in [1.82, 2.24) is 0 Å². The van der Waals surface area contributed by atoms with E-state index in [1.807, 2.05) is 0 Å². The normalized spacial score (nSPS) is 18.1. The molecule has 0 aromatic heterocycles. The van der Waals surface area contributed by atoms with Gasteiger partial charge in [-0.15, -0.1) is 0 Å². The SMILES string of the molecule is Cc1cc[c]([Bi]([c]2ccc(C)cc2)[c]2ccccc2C23c4ccccc4C(c4ccccc42)c2ccccc23)cc1. The second-order valence-electron chi connectivity index (χ2n) is 11.5. The maximum absolute atomic E-state index is 2.75. The third kappa shape index (κ3) is 3.62. The molecule has 3 aliphatic carbocycles. The van der Waals surface area contributed by atoms with Crippen molar-refractivity contribution in [3.8, 4) is 0 Å². The molecule has 0 unspecified atom stereocenters. The fourth-order valence-electron chi connectivity index (χ4n) is 7.44. The molecule has 0 saturated carbocycles. The first-order chi connectivity index (χ1) is 20.2. The van der Waals surface area contributed by atoms with Gasteiger partial charge in [-0.1, -0.05) is 0 Å². The zero-order valence-electron chi connectivity index (χ0n) is 23.4. The van der Waals surface area contributed by atoms with Gasteiger partial charge in [0.1, 0.15) is 0 Å². The molecule has 0 fully saturated rings. The van der Waals surface area contributed by atoms with E-state index >= 15 is 0 Å². The van der Waals surface area contributed by atoms with Gasteiger partial charge in [0.15, 0.2) is 0 Å². The molecule has 3 aliphatic rings. The molecule has 9 rings (SSSR count). The monoisotopic (exact) mass is 720 g/mol. The Labute approximate surface area is 251 Å². The number of rotatable bonds is 4. The molecule has 1 heteroatoms. The van der Waals surface area contributed by atoms with E-state index in [0.717, 1.165) is 0 Å². The second-order valence-corrected chi connectivity index (χ2v) is 20.0. The molecular formula is C40H31Bi. The van der Waals surface area contributed by atoms with Gasteiger partial charge in [0.2, 0.25) is 0 Å². The van der Waals surface area contributed by atoms with Crippen LogP contribution in [-0.2, 0) is 5.41 Å². The minimum absolute atomic E-state index is 0.278. The van der Waals surface area contributed by atoms with Crippen LogP contribution in [0.4, 0.5) is 0 Å². The third-order valence-corrected chi connectivity index (χ3v) is 18.9. The Morgan fingerprint density at radius 1 is 0.415 bits per heavy atom. The molecule has 0 N–H and O–H groups in total. The first kappa shape index (κ1) is 25.0.